The van der Waals surface area contributed by atoms with Gasteiger partial charge < -0.3 is 4.57 Å². The zero-order valence-electron chi connectivity index (χ0n) is 18.4. The molecule has 0 radical (unpaired) electrons. The maximum atomic E-state index is 13.2. The second-order valence-corrected chi connectivity index (χ2v) is 9.39. The fraction of sp³-hybridized carbons (Fsp3) is 0.259. The highest BCUT2D eigenvalue weighted by atomic mass is 35.5. The SMILES string of the molecule is CCCCCCc1cc(Cl)c(Cn2c3c(c(=O)c4ccccc42)C(=O)n2cccc2-3)c(Cl)c1. The Labute approximate surface area is 202 Å². The van der Waals surface area contributed by atoms with Gasteiger partial charge in [0, 0.05) is 27.2 Å². The smallest absolute Gasteiger partial charge is 0.268 e. The Kier molecular flexibility index (Phi) is 5.90. The summed E-state index contributed by atoms with van der Waals surface area (Å²) in [7, 11) is 0. The molecule has 4 nitrogen and oxygen atoms in total. The predicted molar refractivity (Wildman–Crippen MR) is 135 cm³/mol. The van der Waals surface area contributed by atoms with Crippen LogP contribution in [-0.4, -0.2) is 15.0 Å². The maximum Gasteiger partial charge on any atom is 0.268 e. The first-order valence-electron chi connectivity index (χ1n) is 11.4. The molecule has 0 saturated carbocycles. The number of para-hydroxylation sites is 1. The van der Waals surface area contributed by atoms with Crippen LogP contribution >= 0.6 is 23.2 Å². The first kappa shape index (κ1) is 22.0. The third-order valence-electron chi connectivity index (χ3n) is 6.43. The lowest BCUT2D eigenvalue weighted by Gasteiger charge is -2.18. The van der Waals surface area contributed by atoms with E-state index in [1.54, 1.807) is 12.3 Å². The van der Waals surface area contributed by atoms with Crippen molar-refractivity contribution in [2.24, 2.45) is 0 Å². The molecule has 1 aliphatic rings. The van der Waals surface area contributed by atoms with Gasteiger partial charge in [0.15, 0.2) is 0 Å². The maximum absolute atomic E-state index is 13.2. The summed E-state index contributed by atoms with van der Waals surface area (Å²) in [6, 6.07) is 15.0. The summed E-state index contributed by atoms with van der Waals surface area (Å²) in [6.07, 6.45) is 7.36. The van der Waals surface area contributed by atoms with E-state index in [0.29, 0.717) is 33.4 Å². The van der Waals surface area contributed by atoms with Crippen molar-refractivity contribution in [2.45, 2.75) is 45.6 Å². The Morgan fingerprint density at radius 1 is 0.909 bits per heavy atom. The summed E-state index contributed by atoms with van der Waals surface area (Å²) >= 11 is 13.5. The summed E-state index contributed by atoms with van der Waals surface area (Å²) in [5.41, 5.74) is 3.93. The van der Waals surface area contributed by atoms with E-state index in [2.05, 4.69) is 6.92 Å². The lowest BCUT2D eigenvalue weighted by Crippen LogP contribution is -2.20. The van der Waals surface area contributed by atoms with E-state index in [-0.39, 0.29) is 16.9 Å². The summed E-state index contributed by atoms with van der Waals surface area (Å²) in [5, 5.41) is 1.71. The Morgan fingerprint density at radius 3 is 2.42 bits per heavy atom. The molecule has 168 valence electrons. The topological polar surface area (TPSA) is 44.0 Å². The minimum Gasteiger partial charge on any atom is -0.334 e. The number of hydrogen-bond acceptors (Lipinski definition) is 2. The summed E-state index contributed by atoms with van der Waals surface area (Å²) in [6.45, 7) is 2.56. The zero-order chi connectivity index (χ0) is 23.1. The number of aromatic nitrogens is 2. The van der Waals surface area contributed by atoms with E-state index in [4.69, 9.17) is 23.2 Å². The molecule has 2 aromatic heterocycles. The zero-order valence-corrected chi connectivity index (χ0v) is 19.9. The van der Waals surface area contributed by atoms with Gasteiger partial charge in [0.1, 0.15) is 5.56 Å². The van der Waals surface area contributed by atoms with Crippen molar-refractivity contribution in [2.75, 3.05) is 0 Å². The van der Waals surface area contributed by atoms with Gasteiger partial charge in [-0.15, -0.1) is 0 Å². The fourth-order valence-electron chi connectivity index (χ4n) is 4.76. The van der Waals surface area contributed by atoms with Gasteiger partial charge in [-0.05, 0) is 54.8 Å². The minimum absolute atomic E-state index is 0.198. The van der Waals surface area contributed by atoms with Crippen LogP contribution in [0.3, 0.4) is 0 Å². The molecular formula is C27H24Cl2N2O2. The van der Waals surface area contributed by atoms with Gasteiger partial charge >= 0.3 is 0 Å². The Morgan fingerprint density at radius 2 is 1.67 bits per heavy atom. The third kappa shape index (κ3) is 3.71. The molecule has 0 amide bonds. The summed E-state index contributed by atoms with van der Waals surface area (Å²) < 4.78 is 3.53. The number of hydrogen-bond donors (Lipinski definition) is 0. The fourth-order valence-corrected chi connectivity index (χ4v) is 5.42. The standard InChI is InChI=1S/C27H24Cl2N2O2/c1-2-3-4-5-9-17-14-20(28)19(21(29)15-17)16-31-22-11-7-6-10-18(22)26(32)24-25(31)23-12-8-13-30(23)27(24)33/h6-8,10-15H,2-5,9,16H2,1H3. The van der Waals surface area contributed by atoms with E-state index < -0.39 is 0 Å². The second-order valence-electron chi connectivity index (χ2n) is 8.57. The number of halogens is 2. The van der Waals surface area contributed by atoms with Crippen molar-refractivity contribution in [3.05, 3.63) is 91.7 Å². The molecule has 0 fully saturated rings. The Balaban J connectivity index is 1.63. The van der Waals surface area contributed by atoms with Gasteiger partial charge in [-0.25, -0.2) is 0 Å². The molecule has 5 rings (SSSR count). The number of nitrogens with zero attached hydrogens (tertiary/aromatic N) is 2. The average Bonchev–Trinajstić information content (AvgIpc) is 3.39. The van der Waals surface area contributed by atoms with Crippen molar-refractivity contribution >= 4 is 40.0 Å². The van der Waals surface area contributed by atoms with Crippen molar-refractivity contribution in [1.82, 2.24) is 9.13 Å². The Hall–Kier alpha value is -2.82. The normalized spacial score (nSPS) is 12.4. The average molecular weight is 479 g/mol. The minimum atomic E-state index is -0.297. The van der Waals surface area contributed by atoms with Crippen LogP contribution in [0, 0.1) is 0 Å². The van der Waals surface area contributed by atoms with Crippen molar-refractivity contribution in [3.8, 4) is 11.4 Å². The van der Waals surface area contributed by atoms with E-state index >= 15 is 0 Å². The lowest BCUT2D eigenvalue weighted by molar-refractivity contribution is 0.0968. The van der Waals surface area contributed by atoms with Crippen molar-refractivity contribution in [3.63, 3.8) is 0 Å². The monoisotopic (exact) mass is 478 g/mol. The number of rotatable bonds is 7. The number of unbranched alkanes of at least 4 members (excludes halogenated alkanes) is 3. The number of carbonyl (C=O) groups is 1. The van der Waals surface area contributed by atoms with Gasteiger partial charge in [0.25, 0.3) is 5.91 Å². The first-order chi connectivity index (χ1) is 16.0. The summed E-state index contributed by atoms with van der Waals surface area (Å²) in [4.78, 5) is 26.3. The first-order valence-corrected chi connectivity index (χ1v) is 12.1. The van der Waals surface area contributed by atoms with Gasteiger partial charge in [0.2, 0.25) is 5.43 Å². The Bertz CT molecular complexity index is 1430. The van der Waals surface area contributed by atoms with Crippen LogP contribution in [0.1, 0.15) is 54.1 Å². The highest BCUT2D eigenvalue weighted by molar-refractivity contribution is 6.36. The van der Waals surface area contributed by atoms with Crippen LogP contribution in [0.25, 0.3) is 22.3 Å². The van der Waals surface area contributed by atoms with Crippen LogP contribution in [0.5, 0.6) is 0 Å². The van der Waals surface area contributed by atoms with E-state index in [1.165, 1.54) is 23.8 Å². The molecule has 33 heavy (non-hydrogen) atoms. The largest absolute Gasteiger partial charge is 0.334 e. The van der Waals surface area contributed by atoms with E-state index in [1.807, 2.05) is 47.0 Å². The van der Waals surface area contributed by atoms with Gasteiger partial charge in [0.05, 0.1) is 23.4 Å². The van der Waals surface area contributed by atoms with Gasteiger partial charge in [-0.1, -0.05) is 61.5 Å². The highest BCUT2D eigenvalue weighted by Gasteiger charge is 2.33. The number of benzene rings is 2. The molecule has 0 aliphatic carbocycles. The number of aryl methyl sites for hydroxylation is 1. The van der Waals surface area contributed by atoms with E-state index in [0.717, 1.165) is 29.5 Å². The van der Waals surface area contributed by atoms with Crippen LogP contribution < -0.4 is 5.43 Å². The molecule has 4 aromatic rings. The molecule has 0 N–H and O–H groups in total. The summed E-state index contributed by atoms with van der Waals surface area (Å²) in [5.74, 6) is -0.297. The molecule has 0 bridgehead atoms. The molecule has 0 unspecified atom stereocenters. The predicted octanol–water partition coefficient (Wildman–Crippen LogP) is 6.95. The second kappa shape index (κ2) is 8.85. The molecular weight excluding hydrogens is 455 g/mol. The quantitative estimate of drug-likeness (QED) is 0.237. The third-order valence-corrected chi connectivity index (χ3v) is 7.11. The highest BCUT2D eigenvalue weighted by Crippen LogP contribution is 2.36. The molecule has 3 heterocycles. The van der Waals surface area contributed by atoms with Crippen molar-refractivity contribution < 1.29 is 4.79 Å². The molecule has 2 aromatic carbocycles. The molecule has 0 atom stereocenters. The number of carbonyl (C=O) groups excluding carboxylic acids is 1. The van der Waals surface area contributed by atoms with Gasteiger partial charge in [-0.2, -0.15) is 0 Å². The molecule has 0 saturated heterocycles. The number of pyridine rings is 1. The van der Waals surface area contributed by atoms with Crippen molar-refractivity contribution in [1.29, 1.82) is 0 Å². The van der Waals surface area contributed by atoms with Crippen LogP contribution in [0.15, 0.2) is 59.5 Å². The van der Waals surface area contributed by atoms with Crippen LogP contribution in [0.4, 0.5) is 0 Å². The van der Waals surface area contributed by atoms with Crippen LogP contribution in [-0.2, 0) is 13.0 Å². The van der Waals surface area contributed by atoms with Crippen LogP contribution in [0.2, 0.25) is 10.0 Å². The van der Waals surface area contributed by atoms with E-state index in [9.17, 15) is 9.59 Å². The lowest BCUT2D eigenvalue weighted by atomic mass is 10.0. The number of fused-ring (bicyclic) bond motifs is 4. The molecule has 1 aliphatic heterocycles. The molecule has 6 heteroatoms. The van der Waals surface area contributed by atoms with Gasteiger partial charge in [-0.3, -0.25) is 14.2 Å². The molecule has 0 spiro atoms.